The van der Waals surface area contributed by atoms with Crippen LogP contribution >= 0.6 is 27.5 Å². The molecule has 2 rings (SSSR count). The molecule has 5 nitrogen and oxygen atoms in total. The van der Waals surface area contributed by atoms with Crippen molar-refractivity contribution in [2.24, 2.45) is 11.8 Å². The first kappa shape index (κ1) is 16.1. The van der Waals surface area contributed by atoms with E-state index in [1.165, 1.54) is 6.07 Å². The van der Waals surface area contributed by atoms with Crippen LogP contribution in [0.1, 0.15) is 19.8 Å². The minimum Gasteiger partial charge on any atom is -0.504 e. The molecule has 3 N–H and O–H groups in total. The number of benzene rings is 1. The molecule has 2 amide bonds. The van der Waals surface area contributed by atoms with Crippen LogP contribution in [-0.2, 0) is 9.59 Å². The number of aromatic hydroxyl groups is 1. The molecule has 7 heteroatoms. The highest BCUT2D eigenvalue weighted by atomic mass is 79.9. The third kappa shape index (κ3) is 4.35. The summed E-state index contributed by atoms with van der Waals surface area (Å²) in [6, 6.07) is 3.09. The number of rotatable bonds is 5. The zero-order chi connectivity index (χ0) is 15.6. The van der Waals surface area contributed by atoms with Crippen molar-refractivity contribution in [3.63, 3.8) is 0 Å². The number of amides is 2. The van der Waals surface area contributed by atoms with E-state index in [0.717, 1.165) is 6.42 Å². The van der Waals surface area contributed by atoms with Crippen LogP contribution in [0.15, 0.2) is 16.6 Å². The molecule has 0 heterocycles. The molecule has 0 aromatic heterocycles. The Balaban J connectivity index is 1.81. The lowest BCUT2D eigenvalue weighted by Gasteiger charge is -2.09. The summed E-state index contributed by atoms with van der Waals surface area (Å²) in [5.41, 5.74) is 0.238. The van der Waals surface area contributed by atoms with Crippen LogP contribution in [0, 0.1) is 11.8 Å². The van der Waals surface area contributed by atoms with Gasteiger partial charge in [-0.2, -0.15) is 0 Å². The van der Waals surface area contributed by atoms with E-state index in [4.69, 9.17) is 11.6 Å². The number of carbonyl (C=O) groups excluding carboxylic acids is 2. The molecule has 1 aliphatic carbocycles. The summed E-state index contributed by atoms with van der Waals surface area (Å²) in [7, 11) is 0. The standard InChI is InChI=1S/C14H16BrClN2O3/c1-7-4-9(7)14(21)17-3-2-12(19)18-11-6-8(15)5-10(16)13(11)20/h5-7,9,20H,2-4H2,1H3,(H,17,21)(H,18,19)/t7-,9-/m1/s1. The molecule has 1 aromatic rings. The highest BCUT2D eigenvalue weighted by molar-refractivity contribution is 9.10. The van der Waals surface area contributed by atoms with Crippen LogP contribution < -0.4 is 10.6 Å². The van der Waals surface area contributed by atoms with Crippen molar-refractivity contribution >= 4 is 45.0 Å². The van der Waals surface area contributed by atoms with Gasteiger partial charge in [-0.3, -0.25) is 9.59 Å². The van der Waals surface area contributed by atoms with E-state index < -0.39 is 0 Å². The van der Waals surface area contributed by atoms with Crippen LogP contribution in [0.2, 0.25) is 5.02 Å². The summed E-state index contributed by atoms with van der Waals surface area (Å²) >= 11 is 9.05. The number of phenolic OH excluding ortho intramolecular Hbond substituents is 1. The van der Waals surface area contributed by atoms with Gasteiger partial charge < -0.3 is 15.7 Å². The van der Waals surface area contributed by atoms with Gasteiger partial charge in [-0.05, 0) is 24.5 Å². The molecule has 0 aliphatic heterocycles. The van der Waals surface area contributed by atoms with Crippen molar-refractivity contribution in [3.05, 3.63) is 21.6 Å². The van der Waals surface area contributed by atoms with Gasteiger partial charge in [0, 0.05) is 23.4 Å². The van der Waals surface area contributed by atoms with Crippen molar-refractivity contribution in [2.75, 3.05) is 11.9 Å². The van der Waals surface area contributed by atoms with Gasteiger partial charge in [0.15, 0.2) is 5.75 Å². The van der Waals surface area contributed by atoms with E-state index in [2.05, 4.69) is 26.6 Å². The van der Waals surface area contributed by atoms with Gasteiger partial charge >= 0.3 is 0 Å². The van der Waals surface area contributed by atoms with Crippen molar-refractivity contribution in [1.82, 2.24) is 5.32 Å². The van der Waals surface area contributed by atoms with Gasteiger partial charge in [-0.15, -0.1) is 0 Å². The second-order valence-electron chi connectivity index (χ2n) is 5.19. The van der Waals surface area contributed by atoms with E-state index in [1.807, 2.05) is 6.92 Å². The summed E-state index contributed by atoms with van der Waals surface area (Å²) in [5, 5.41) is 15.2. The van der Waals surface area contributed by atoms with Crippen LogP contribution in [0.3, 0.4) is 0 Å². The average Bonchev–Trinajstić information content (AvgIpc) is 3.12. The molecular weight excluding hydrogens is 360 g/mol. The molecule has 0 spiro atoms. The fraction of sp³-hybridized carbons (Fsp3) is 0.429. The predicted molar refractivity (Wildman–Crippen MR) is 84.3 cm³/mol. The van der Waals surface area contributed by atoms with Crippen LogP contribution in [-0.4, -0.2) is 23.5 Å². The van der Waals surface area contributed by atoms with Gasteiger partial charge in [0.25, 0.3) is 0 Å². The largest absolute Gasteiger partial charge is 0.504 e. The smallest absolute Gasteiger partial charge is 0.226 e. The first-order chi connectivity index (χ1) is 9.88. The average molecular weight is 376 g/mol. The fourth-order valence-electron chi connectivity index (χ4n) is 1.99. The molecule has 1 aliphatic rings. The van der Waals surface area contributed by atoms with Crippen molar-refractivity contribution in [1.29, 1.82) is 0 Å². The summed E-state index contributed by atoms with van der Waals surface area (Å²) in [5.74, 6) is 0.0666. The Morgan fingerprint density at radius 3 is 2.76 bits per heavy atom. The van der Waals surface area contributed by atoms with Crippen LogP contribution in [0.25, 0.3) is 0 Å². The normalized spacial score (nSPS) is 20.0. The Morgan fingerprint density at radius 2 is 2.14 bits per heavy atom. The highest BCUT2D eigenvalue weighted by Gasteiger charge is 2.38. The van der Waals surface area contributed by atoms with E-state index in [9.17, 15) is 14.7 Å². The number of hydrogen-bond donors (Lipinski definition) is 3. The second-order valence-corrected chi connectivity index (χ2v) is 6.52. The quantitative estimate of drug-likeness (QED) is 0.692. The molecule has 114 valence electrons. The van der Waals surface area contributed by atoms with Gasteiger partial charge in [0.1, 0.15) is 0 Å². The van der Waals surface area contributed by atoms with Crippen molar-refractivity contribution < 1.29 is 14.7 Å². The predicted octanol–water partition coefficient (Wildman–Crippen LogP) is 2.91. The number of halogens is 2. The molecule has 1 saturated carbocycles. The molecule has 1 fully saturated rings. The lowest BCUT2D eigenvalue weighted by Crippen LogP contribution is -2.29. The zero-order valence-corrected chi connectivity index (χ0v) is 13.8. The molecule has 2 atom stereocenters. The van der Waals surface area contributed by atoms with Crippen molar-refractivity contribution in [3.8, 4) is 5.75 Å². The van der Waals surface area contributed by atoms with Crippen molar-refractivity contribution in [2.45, 2.75) is 19.8 Å². The van der Waals surface area contributed by atoms with Gasteiger partial charge in [-0.25, -0.2) is 0 Å². The molecule has 0 bridgehead atoms. The zero-order valence-electron chi connectivity index (χ0n) is 11.5. The van der Waals surface area contributed by atoms with Crippen LogP contribution in [0.5, 0.6) is 5.75 Å². The first-order valence-corrected chi connectivity index (χ1v) is 7.81. The minimum absolute atomic E-state index is 0.00338. The molecule has 0 radical (unpaired) electrons. The summed E-state index contributed by atoms with van der Waals surface area (Å²) in [6.45, 7) is 2.30. The first-order valence-electron chi connectivity index (χ1n) is 6.64. The number of carbonyl (C=O) groups is 2. The summed E-state index contributed by atoms with van der Waals surface area (Å²) in [6.07, 6.45) is 1.05. The van der Waals surface area contributed by atoms with Gasteiger partial charge in [0.2, 0.25) is 11.8 Å². The maximum atomic E-state index is 11.8. The van der Waals surface area contributed by atoms with Gasteiger partial charge in [-0.1, -0.05) is 34.5 Å². The Labute approximate surface area is 136 Å². The topological polar surface area (TPSA) is 78.4 Å². The minimum atomic E-state index is -0.302. The van der Waals surface area contributed by atoms with E-state index in [-0.39, 0.29) is 47.2 Å². The van der Waals surface area contributed by atoms with E-state index in [0.29, 0.717) is 10.4 Å². The second kappa shape index (κ2) is 6.66. The Kier molecular flexibility index (Phi) is 5.11. The van der Waals surface area contributed by atoms with E-state index >= 15 is 0 Å². The lowest BCUT2D eigenvalue weighted by molar-refractivity contribution is -0.122. The Hall–Kier alpha value is -1.27. The third-order valence-corrected chi connectivity index (χ3v) is 4.15. The maximum Gasteiger partial charge on any atom is 0.226 e. The molecule has 0 unspecified atom stereocenters. The lowest BCUT2D eigenvalue weighted by atomic mass is 10.2. The number of anilines is 1. The monoisotopic (exact) mass is 374 g/mol. The number of hydrogen-bond acceptors (Lipinski definition) is 3. The summed E-state index contributed by atoms with van der Waals surface area (Å²) in [4.78, 5) is 23.4. The maximum absolute atomic E-state index is 11.8. The number of nitrogens with one attached hydrogen (secondary N) is 2. The SMILES string of the molecule is C[C@@H]1C[C@H]1C(=O)NCCC(=O)Nc1cc(Br)cc(Cl)c1O. The fourth-order valence-corrected chi connectivity index (χ4v) is 2.80. The Morgan fingerprint density at radius 1 is 1.48 bits per heavy atom. The molecule has 21 heavy (non-hydrogen) atoms. The van der Waals surface area contributed by atoms with Crippen LogP contribution in [0.4, 0.5) is 5.69 Å². The molecule has 1 aromatic carbocycles. The molecule has 0 saturated heterocycles. The van der Waals surface area contributed by atoms with Gasteiger partial charge in [0.05, 0.1) is 10.7 Å². The Bertz CT molecular complexity index is 580. The number of phenols is 1. The highest BCUT2D eigenvalue weighted by Crippen LogP contribution is 2.37. The summed E-state index contributed by atoms with van der Waals surface area (Å²) < 4.78 is 0.650. The third-order valence-electron chi connectivity index (χ3n) is 3.40. The van der Waals surface area contributed by atoms with E-state index in [1.54, 1.807) is 6.07 Å². The molecular formula is C14H16BrClN2O3.